The molecular weight excluding hydrogens is 226 g/mol. The number of rotatable bonds is 4. The SMILES string of the molecule is CC(=O)CC(c1ccncc1)N1CCN(C)CC1. The maximum Gasteiger partial charge on any atom is 0.131 e. The van der Waals surface area contributed by atoms with E-state index < -0.39 is 0 Å². The number of likely N-dealkylation sites (N-methyl/N-ethyl adjacent to an activating group) is 1. The van der Waals surface area contributed by atoms with Crippen LogP contribution in [0.3, 0.4) is 0 Å². The van der Waals surface area contributed by atoms with Crippen LogP contribution in [0.4, 0.5) is 0 Å². The second-order valence-corrected chi connectivity index (χ2v) is 5.04. The maximum atomic E-state index is 11.5. The molecule has 0 amide bonds. The van der Waals surface area contributed by atoms with Crippen LogP contribution in [-0.4, -0.2) is 53.8 Å². The first-order valence-electron chi connectivity index (χ1n) is 6.49. The zero-order chi connectivity index (χ0) is 13.0. The number of ketones is 1. The summed E-state index contributed by atoms with van der Waals surface area (Å²) >= 11 is 0. The van der Waals surface area contributed by atoms with E-state index in [9.17, 15) is 4.79 Å². The van der Waals surface area contributed by atoms with Gasteiger partial charge in [0, 0.05) is 51.0 Å². The molecule has 1 aliphatic rings. The second kappa shape index (κ2) is 6.07. The molecule has 1 atom stereocenters. The minimum absolute atomic E-state index is 0.208. The number of pyridine rings is 1. The summed E-state index contributed by atoms with van der Waals surface area (Å²) in [6.07, 6.45) is 4.20. The molecule has 0 aliphatic carbocycles. The first-order valence-corrected chi connectivity index (χ1v) is 6.49. The van der Waals surface area contributed by atoms with Gasteiger partial charge in [-0.2, -0.15) is 0 Å². The van der Waals surface area contributed by atoms with Gasteiger partial charge in [0.1, 0.15) is 5.78 Å². The fourth-order valence-corrected chi connectivity index (χ4v) is 2.45. The molecule has 1 aromatic rings. The zero-order valence-electron chi connectivity index (χ0n) is 11.2. The number of carbonyl (C=O) groups is 1. The van der Waals surface area contributed by atoms with Gasteiger partial charge in [-0.25, -0.2) is 0 Å². The van der Waals surface area contributed by atoms with Crippen LogP contribution in [0.1, 0.15) is 24.9 Å². The largest absolute Gasteiger partial charge is 0.304 e. The molecule has 2 rings (SSSR count). The number of hydrogen-bond donors (Lipinski definition) is 0. The number of nitrogens with zero attached hydrogens (tertiary/aromatic N) is 3. The van der Waals surface area contributed by atoms with Crippen LogP contribution in [0.15, 0.2) is 24.5 Å². The lowest BCUT2D eigenvalue weighted by Crippen LogP contribution is -2.46. The highest BCUT2D eigenvalue weighted by Crippen LogP contribution is 2.25. The highest BCUT2D eigenvalue weighted by Gasteiger charge is 2.24. The molecule has 1 aromatic heterocycles. The minimum Gasteiger partial charge on any atom is -0.304 e. The third-order valence-electron chi connectivity index (χ3n) is 3.55. The van der Waals surface area contributed by atoms with Crippen LogP contribution in [0, 0.1) is 0 Å². The number of piperazine rings is 1. The second-order valence-electron chi connectivity index (χ2n) is 5.04. The quantitative estimate of drug-likeness (QED) is 0.804. The van der Waals surface area contributed by atoms with Crippen LogP contribution in [0.5, 0.6) is 0 Å². The predicted octanol–water partition coefficient (Wildman–Crippen LogP) is 1.35. The lowest BCUT2D eigenvalue weighted by atomic mass is 10.0. The van der Waals surface area contributed by atoms with Gasteiger partial charge in [0.25, 0.3) is 0 Å². The minimum atomic E-state index is 0.208. The lowest BCUT2D eigenvalue weighted by molar-refractivity contribution is -0.118. The number of hydrogen-bond acceptors (Lipinski definition) is 4. The van der Waals surface area contributed by atoms with Gasteiger partial charge in [0.05, 0.1) is 0 Å². The van der Waals surface area contributed by atoms with Gasteiger partial charge >= 0.3 is 0 Å². The van der Waals surface area contributed by atoms with E-state index in [1.165, 1.54) is 5.56 Å². The van der Waals surface area contributed by atoms with E-state index in [1.807, 2.05) is 12.1 Å². The molecule has 0 saturated carbocycles. The first kappa shape index (κ1) is 13.2. The average molecular weight is 247 g/mol. The van der Waals surface area contributed by atoms with E-state index in [1.54, 1.807) is 19.3 Å². The van der Waals surface area contributed by atoms with E-state index in [0.29, 0.717) is 6.42 Å². The molecule has 1 unspecified atom stereocenters. The fourth-order valence-electron chi connectivity index (χ4n) is 2.45. The Hall–Kier alpha value is -1.26. The van der Waals surface area contributed by atoms with Gasteiger partial charge in [-0.15, -0.1) is 0 Å². The van der Waals surface area contributed by atoms with Crippen molar-refractivity contribution in [2.24, 2.45) is 0 Å². The van der Waals surface area contributed by atoms with Crippen LogP contribution in [-0.2, 0) is 4.79 Å². The predicted molar refractivity (Wildman–Crippen MR) is 71.3 cm³/mol. The Kier molecular flexibility index (Phi) is 4.44. The summed E-state index contributed by atoms with van der Waals surface area (Å²) in [7, 11) is 2.14. The Balaban J connectivity index is 2.12. The molecule has 18 heavy (non-hydrogen) atoms. The monoisotopic (exact) mass is 247 g/mol. The normalized spacial score (nSPS) is 19.7. The van der Waals surface area contributed by atoms with Crippen molar-refractivity contribution in [3.05, 3.63) is 30.1 Å². The fraction of sp³-hybridized carbons (Fsp3) is 0.571. The standard InChI is InChI=1S/C14H21N3O/c1-12(18)11-14(13-3-5-15-6-4-13)17-9-7-16(2)8-10-17/h3-6,14H,7-11H2,1-2H3. The molecule has 0 radical (unpaired) electrons. The Morgan fingerprint density at radius 3 is 2.44 bits per heavy atom. The summed E-state index contributed by atoms with van der Waals surface area (Å²) in [5.41, 5.74) is 1.20. The van der Waals surface area contributed by atoms with Crippen LogP contribution >= 0.6 is 0 Å². The first-order chi connectivity index (χ1) is 8.66. The molecule has 4 heteroatoms. The lowest BCUT2D eigenvalue weighted by Gasteiger charge is -2.37. The van der Waals surface area contributed by atoms with Crippen molar-refractivity contribution in [1.82, 2.24) is 14.8 Å². The topological polar surface area (TPSA) is 36.4 Å². The molecule has 0 aromatic carbocycles. The molecule has 1 fully saturated rings. The van der Waals surface area contributed by atoms with E-state index in [2.05, 4.69) is 21.8 Å². The van der Waals surface area contributed by atoms with Crippen molar-refractivity contribution in [1.29, 1.82) is 0 Å². The highest BCUT2D eigenvalue weighted by molar-refractivity contribution is 5.76. The number of carbonyl (C=O) groups excluding carboxylic acids is 1. The third-order valence-corrected chi connectivity index (χ3v) is 3.55. The Morgan fingerprint density at radius 2 is 1.89 bits per heavy atom. The van der Waals surface area contributed by atoms with Gasteiger partial charge < -0.3 is 4.90 Å². The molecule has 98 valence electrons. The molecule has 1 aliphatic heterocycles. The summed E-state index contributed by atoms with van der Waals surface area (Å²) < 4.78 is 0. The van der Waals surface area contributed by atoms with Gasteiger partial charge in [0.2, 0.25) is 0 Å². The number of Topliss-reactive ketones (excluding diaryl/α,β-unsaturated/α-hetero) is 1. The van der Waals surface area contributed by atoms with Gasteiger partial charge in [-0.1, -0.05) is 0 Å². The molecule has 4 nitrogen and oxygen atoms in total. The van der Waals surface area contributed by atoms with Crippen LogP contribution < -0.4 is 0 Å². The number of aromatic nitrogens is 1. The molecular formula is C14H21N3O. The smallest absolute Gasteiger partial charge is 0.131 e. The highest BCUT2D eigenvalue weighted by atomic mass is 16.1. The van der Waals surface area contributed by atoms with E-state index in [-0.39, 0.29) is 11.8 Å². The average Bonchev–Trinajstić information content (AvgIpc) is 2.38. The van der Waals surface area contributed by atoms with Crippen molar-refractivity contribution in [2.45, 2.75) is 19.4 Å². The van der Waals surface area contributed by atoms with Crippen molar-refractivity contribution in [2.75, 3.05) is 33.2 Å². The third kappa shape index (κ3) is 3.37. The van der Waals surface area contributed by atoms with E-state index in [4.69, 9.17) is 0 Å². The Morgan fingerprint density at radius 1 is 1.28 bits per heavy atom. The van der Waals surface area contributed by atoms with Gasteiger partial charge in [-0.3, -0.25) is 14.7 Å². The summed E-state index contributed by atoms with van der Waals surface area (Å²) in [6, 6.07) is 4.25. The maximum absolute atomic E-state index is 11.5. The van der Waals surface area contributed by atoms with Gasteiger partial charge in [-0.05, 0) is 31.7 Å². The molecule has 0 spiro atoms. The summed E-state index contributed by atoms with van der Waals surface area (Å²) in [4.78, 5) is 20.3. The molecule has 2 heterocycles. The summed E-state index contributed by atoms with van der Waals surface area (Å²) in [5.74, 6) is 0.246. The Bertz CT molecular complexity index is 385. The van der Waals surface area contributed by atoms with Crippen molar-refractivity contribution in [3.8, 4) is 0 Å². The van der Waals surface area contributed by atoms with E-state index >= 15 is 0 Å². The Labute approximate surface area is 109 Å². The molecule has 1 saturated heterocycles. The van der Waals surface area contributed by atoms with Crippen LogP contribution in [0.2, 0.25) is 0 Å². The van der Waals surface area contributed by atoms with Crippen molar-refractivity contribution >= 4 is 5.78 Å². The van der Waals surface area contributed by atoms with Crippen LogP contribution in [0.25, 0.3) is 0 Å². The molecule has 0 bridgehead atoms. The summed E-state index contributed by atoms with van der Waals surface area (Å²) in [5, 5.41) is 0. The van der Waals surface area contributed by atoms with E-state index in [0.717, 1.165) is 26.2 Å². The zero-order valence-corrected chi connectivity index (χ0v) is 11.2. The molecule has 0 N–H and O–H groups in total. The van der Waals surface area contributed by atoms with Crippen molar-refractivity contribution < 1.29 is 4.79 Å². The van der Waals surface area contributed by atoms with Gasteiger partial charge in [0.15, 0.2) is 0 Å². The summed E-state index contributed by atoms with van der Waals surface area (Å²) in [6.45, 7) is 5.86. The van der Waals surface area contributed by atoms with Crippen molar-refractivity contribution in [3.63, 3.8) is 0 Å².